The zero-order valence-electron chi connectivity index (χ0n) is 6.53. The van der Waals surface area contributed by atoms with Gasteiger partial charge in [-0.25, -0.2) is 0 Å². The van der Waals surface area contributed by atoms with Crippen molar-refractivity contribution in [2.24, 2.45) is 17.8 Å². The van der Waals surface area contributed by atoms with E-state index in [4.69, 9.17) is 0 Å². The van der Waals surface area contributed by atoms with E-state index in [1.54, 1.807) is 0 Å². The highest BCUT2D eigenvalue weighted by Crippen LogP contribution is 2.61. The summed E-state index contributed by atoms with van der Waals surface area (Å²) in [6, 6.07) is 0. The highest BCUT2D eigenvalue weighted by atomic mass is 16.3. The summed E-state index contributed by atoms with van der Waals surface area (Å²) < 4.78 is 0. The summed E-state index contributed by atoms with van der Waals surface area (Å²) in [6.45, 7) is 0. The zero-order chi connectivity index (χ0) is 7.64. The molecule has 5 atom stereocenters. The molecule has 2 bridgehead atoms. The van der Waals surface area contributed by atoms with Crippen molar-refractivity contribution in [3.63, 3.8) is 0 Å². The van der Waals surface area contributed by atoms with Crippen molar-refractivity contribution in [1.82, 2.24) is 0 Å². The molecule has 0 aromatic rings. The maximum absolute atomic E-state index is 10.0. The van der Waals surface area contributed by atoms with Crippen molar-refractivity contribution in [2.75, 3.05) is 0 Å². The fourth-order valence-electron chi connectivity index (χ4n) is 3.80. The van der Waals surface area contributed by atoms with Gasteiger partial charge in [0.2, 0.25) is 0 Å². The predicted octanol–water partition coefficient (Wildman–Crippen LogP) is 0.528. The van der Waals surface area contributed by atoms with Crippen molar-refractivity contribution in [2.45, 2.75) is 37.4 Å². The minimum atomic E-state index is -0.451. The molecule has 0 radical (unpaired) electrons. The molecular weight excluding hydrogens is 140 g/mol. The molecule has 11 heavy (non-hydrogen) atoms. The second-order valence-electron chi connectivity index (χ2n) is 4.62. The van der Waals surface area contributed by atoms with E-state index >= 15 is 0 Å². The third kappa shape index (κ3) is 0.574. The van der Waals surface area contributed by atoms with Gasteiger partial charge in [-0.05, 0) is 37.5 Å². The van der Waals surface area contributed by atoms with Gasteiger partial charge in [0.1, 0.15) is 0 Å². The molecule has 0 aromatic heterocycles. The average molecular weight is 154 g/mol. The molecule has 0 spiro atoms. The molecule has 0 amide bonds. The Bertz CT molecular complexity index is 202. The van der Waals surface area contributed by atoms with Gasteiger partial charge in [-0.15, -0.1) is 0 Å². The van der Waals surface area contributed by atoms with Gasteiger partial charge in [0.15, 0.2) is 0 Å². The summed E-state index contributed by atoms with van der Waals surface area (Å²) in [4.78, 5) is 0. The third-order valence-electron chi connectivity index (χ3n) is 4.15. The van der Waals surface area contributed by atoms with Gasteiger partial charge in [-0.2, -0.15) is 0 Å². The van der Waals surface area contributed by atoms with Crippen LogP contribution < -0.4 is 0 Å². The molecule has 2 N–H and O–H groups in total. The second-order valence-corrected chi connectivity index (χ2v) is 4.62. The van der Waals surface area contributed by atoms with E-state index in [2.05, 4.69) is 0 Å². The summed E-state index contributed by atoms with van der Waals surface area (Å²) in [7, 11) is 0. The van der Waals surface area contributed by atoms with E-state index in [1.165, 1.54) is 6.42 Å². The molecule has 3 aliphatic carbocycles. The van der Waals surface area contributed by atoms with E-state index in [0.717, 1.165) is 19.3 Å². The molecule has 62 valence electrons. The van der Waals surface area contributed by atoms with Gasteiger partial charge in [-0.1, -0.05) is 0 Å². The molecular formula is C9H14O2. The van der Waals surface area contributed by atoms with E-state index in [-0.39, 0.29) is 12.0 Å². The summed E-state index contributed by atoms with van der Waals surface area (Å²) in [5.74, 6) is 1.32. The monoisotopic (exact) mass is 154 g/mol. The van der Waals surface area contributed by atoms with Crippen molar-refractivity contribution in [3.8, 4) is 0 Å². The Balaban J connectivity index is 2.06. The fourth-order valence-corrected chi connectivity index (χ4v) is 3.80. The minimum absolute atomic E-state index is 0.174. The molecule has 0 aromatic carbocycles. The number of aliphatic hydroxyl groups excluding tert-OH is 1. The van der Waals surface area contributed by atoms with Crippen LogP contribution in [0.1, 0.15) is 25.7 Å². The normalized spacial score (nSPS) is 66.0. The van der Waals surface area contributed by atoms with E-state index < -0.39 is 5.60 Å². The first-order valence-corrected chi connectivity index (χ1v) is 4.61. The Morgan fingerprint density at radius 1 is 1.27 bits per heavy atom. The Morgan fingerprint density at radius 3 is 2.64 bits per heavy atom. The molecule has 3 fully saturated rings. The molecule has 0 saturated heterocycles. The number of hydrogen-bond acceptors (Lipinski definition) is 2. The second kappa shape index (κ2) is 1.64. The zero-order valence-corrected chi connectivity index (χ0v) is 6.53. The van der Waals surface area contributed by atoms with Crippen LogP contribution in [0.2, 0.25) is 0 Å². The van der Waals surface area contributed by atoms with Gasteiger partial charge in [0.25, 0.3) is 0 Å². The number of fused-ring (bicyclic) bond motifs is 1. The topological polar surface area (TPSA) is 40.5 Å². The third-order valence-corrected chi connectivity index (χ3v) is 4.15. The van der Waals surface area contributed by atoms with Crippen LogP contribution >= 0.6 is 0 Å². The first-order valence-electron chi connectivity index (χ1n) is 4.61. The van der Waals surface area contributed by atoms with Gasteiger partial charge < -0.3 is 10.2 Å². The lowest BCUT2D eigenvalue weighted by atomic mass is 9.85. The van der Waals surface area contributed by atoms with Gasteiger partial charge in [-0.3, -0.25) is 0 Å². The van der Waals surface area contributed by atoms with Crippen molar-refractivity contribution in [1.29, 1.82) is 0 Å². The van der Waals surface area contributed by atoms with Crippen LogP contribution in [0.4, 0.5) is 0 Å². The molecule has 3 saturated carbocycles. The first kappa shape index (κ1) is 6.44. The lowest BCUT2D eigenvalue weighted by Gasteiger charge is -2.27. The minimum Gasteiger partial charge on any atom is -0.392 e. The predicted molar refractivity (Wildman–Crippen MR) is 39.9 cm³/mol. The number of aliphatic hydroxyl groups is 2. The molecule has 1 unspecified atom stereocenters. The number of rotatable bonds is 0. The molecule has 0 aliphatic heterocycles. The lowest BCUT2D eigenvalue weighted by molar-refractivity contribution is -0.0146. The van der Waals surface area contributed by atoms with Crippen molar-refractivity contribution >= 4 is 0 Å². The summed E-state index contributed by atoms with van der Waals surface area (Å²) in [5, 5.41) is 19.8. The standard InChI is InChI=1S/C9H14O2/c10-8-6-3-5-1-2-9(11,4-6)7(5)8/h5-8,10-11H,1-4H2/t5-,6-,7-,8?,9-/m0/s1. The first-order chi connectivity index (χ1) is 5.21. The average Bonchev–Trinajstić information content (AvgIpc) is 2.42. The van der Waals surface area contributed by atoms with Crippen LogP contribution in [0.25, 0.3) is 0 Å². The maximum Gasteiger partial charge on any atom is 0.0706 e. The highest BCUT2D eigenvalue weighted by Gasteiger charge is 2.63. The largest absolute Gasteiger partial charge is 0.392 e. The molecule has 3 rings (SSSR count). The Morgan fingerprint density at radius 2 is 2.09 bits per heavy atom. The van der Waals surface area contributed by atoms with Gasteiger partial charge >= 0.3 is 0 Å². The molecule has 3 aliphatic rings. The van der Waals surface area contributed by atoms with Crippen LogP contribution in [0.3, 0.4) is 0 Å². The Kier molecular flexibility index (Phi) is 0.961. The Labute approximate surface area is 66.2 Å². The lowest BCUT2D eigenvalue weighted by Crippen LogP contribution is -2.33. The van der Waals surface area contributed by atoms with Crippen LogP contribution in [-0.2, 0) is 0 Å². The van der Waals surface area contributed by atoms with Crippen LogP contribution in [0.15, 0.2) is 0 Å². The van der Waals surface area contributed by atoms with E-state index in [0.29, 0.717) is 11.8 Å². The summed E-state index contributed by atoms with van der Waals surface area (Å²) in [5.41, 5.74) is -0.451. The summed E-state index contributed by atoms with van der Waals surface area (Å²) >= 11 is 0. The molecule has 2 nitrogen and oxygen atoms in total. The van der Waals surface area contributed by atoms with Gasteiger partial charge in [0.05, 0.1) is 11.7 Å². The van der Waals surface area contributed by atoms with Crippen molar-refractivity contribution < 1.29 is 10.2 Å². The van der Waals surface area contributed by atoms with Crippen LogP contribution in [0.5, 0.6) is 0 Å². The highest BCUT2D eigenvalue weighted by molar-refractivity contribution is 5.14. The van der Waals surface area contributed by atoms with E-state index in [1.807, 2.05) is 0 Å². The fraction of sp³-hybridized carbons (Fsp3) is 1.00. The quantitative estimate of drug-likeness (QED) is 0.534. The molecule has 0 heterocycles. The maximum atomic E-state index is 10.0. The van der Waals surface area contributed by atoms with Crippen LogP contribution in [-0.4, -0.2) is 21.9 Å². The Hall–Kier alpha value is -0.0800. The SMILES string of the molecule is OC1[C@H]2C[C@@H]3CC[C@](O)(C2)[C@H]13. The number of hydrogen-bond donors (Lipinski definition) is 2. The van der Waals surface area contributed by atoms with Gasteiger partial charge in [0, 0.05) is 5.92 Å². The van der Waals surface area contributed by atoms with Crippen molar-refractivity contribution in [3.05, 3.63) is 0 Å². The molecule has 2 heteroatoms. The smallest absolute Gasteiger partial charge is 0.0706 e. The summed E-state index contributed by atoms with van der Waals surface area (Å²) in [6.07, 6.45) is 3.96. The van der Waals surface area contributed by atoms with E-state index in [9.17, 15) is 10.2 Å². The van der Waals surface area contributed by atoms with Crippen LogP contribution in [0, 0.1) is 17.8 Å².